The van der Waals surface area contributed by atoms with E-state index in [1.54, 1.807) is 0 Å². The third kappa shape index (κ3) is 2.95. The van der Waals surface area contributed by atoms with E-state index in [2.05, 4.69) is 28.0 Å². The van der Waals surface area contributed by atoms with Gasteiger partial charge in [0.2, 0.25) is 0 Å². The van der Waals surface area contributed by atoms with Crippen LogP contribution in [0.3, 0.4) is 0 Å². The second-order valence-corrected chi connectivity index (χ2v) is 5.94. The molecular weight excluding hydrogens is 330 g/mol. The van der Waals surface area contributed by atoms with E-state index in [9.17, 15) is 0 Å². The highest BCUT2D eigenvalue weighted by Gasteiger charge is 2.38. The molecule has 0 unspecified atom stereocenters. The minimum atomic E-state index is -0.357. The average Bonchev–Trinajstić information content (AvgIpc) is 2.92. The van der Waals surface area contributed by atoms with Crippen LogP contribution in [-0.4, -0.2) is 4.62 Å². The van der Waals surface area contributed by atoms with Gasteiger partial charge in [0.25, 0.3) is 0 Å². The molecule has 0 bridgehead atoms. The number of oxime groups is 1. The lowest BCUT2D eigenvalue weighted by Crippen LogP contribution is -2.24. The predicted molar refractivity (Wildman–Crippen MR) is 87.0 cm³/mol. The Hall–Kier alpha value is -1.81. The van der Waals surface area contributed by atoms with Crippen LogP contribution in [0.15, 0.2) is 59.8 Å². The maximum Gasteiger partial charge on any atom is 0.168 e. The van der Waals surface area contributed by atoms with E-state index in [1.807, 2.05) is 54.6 Å². The van der Waals surface area contributed by atoms with Crippen molar-refractivity contribution in [1.29, 1.82) is 0 Å². The third-order valence-corrected chi connectivity index (χ3v) is 4.11. The number of rotatable bonds is 4. The van der Waals surface area contributed by atoms with Crippen LogP contribution in [0.25, 0.3) is 0 Å². The molecule has 3 rings (SSSR count). The average molecular weight is 346 g/mol. The summed E-state index contributed by atoms with van der Waals surface area (Å²) in [6, 6.07) is 17.8. The van der Waals surface area contributed by atoms with Crippen LogP contribution in [0.1, 0.15) is 25.3 Å². The van der Waals surface area contributed by atoms with Gasteiger partial charge in [-0.15, -0.1) is 0 Å². The molecule has 0 spiro atoms. The number of hydrogen-bond acceptors (Lipinski definition) is 3. The van der Waals surface area contributed by atoms with E-state index < -0.39 is 0 Å². The highest BCUT2D eigenvalue weighted by Crippen LogP contribution is 2.39. The standard InChI is InChI=1S/C17H16BrNO2/c1-2-17(12-16(18)19-21-17)13-8-10-15(11-9-13)20-14-6-4-3-5-7-14/h3-11H,2,12H2,1H3/t17-/m1/s1. The number of nitrogens with zero attached hydrogens (tertiary/aromatic N) is 1. The van der Waals surface area contributed by atoms with Gasteiger partial charge in [0.1, 0.15) is 16.1 Å². The minimum Gasteiger partial charge on any atom is -0.457 e. The fourth-order valence-corrected chi connectivity index (χ4v) is 2.96. The van der Waals surface area contributed by atoms with Crippen LogP contribution in [0, 0.1) is 0 Å². The van der Waals surface area contributed by atoms with Gasteiger partial charge in [0.15, 0.2) is 5.60 Å². The summed E-state index contributed by atoms with van der Waals surface area (Å²) in [5.41, 5.74) is 0.757. The molecule has 0 amide bonds. The summed E-state index contributed by atoms with van der Waals surface area (Å²) in [6.45, 7) is 2.11. The Balaban J connectivity index is 1.78. The highest BCUT2D eigenvalue weighted by atomic mass is 79.9. The summed E-state index contributed by atoms with van der Waals surface area (Å²) in [5.74, 6) is 1.65. The van der Waals surface area contributed by atoms with E-state index in [-0.39, 0.29) is 5.60 Å². The molecule has 0 aliphatic carbocycles. The maximum atomic E-state index is 5.80. The van der Waals surface area contributed by atoms with Crippen LogP contribution in [-0.2, 0) is 10.4 Å². The first-order valence-corrected chi connectivity index (χ1v) is 7.75. The van der Waals surface area contributed by atoms with Crippen LogP contribution < -0.4 is 4.74 Å². The Morgan fingerprint density at radius 1 is 1.10 bits per heavy atom. The smallest absolute Gasteiger partial charge is 0.168 e. The molecule has 0 fully saturated rings. The number of benzene rings is 2. The van der Waals surface area contributed by atoms with Crippen molar-refractivity contribution in [2.24, 2.45) is 5.16 Å². The van der Waals surface area contributed by atoms with Gasteiger partial charge in [0, 0.05) is 6.42 Å². The van der Waals surface area contributed by atoms with Crippen LogP contribution in [0.5, 0.6) is 11.5 Å². The van der Waals surface area contributed by atoms with Crippen molar-refractivity contribution in [3.8, 4) is 11.5 Å². The fourth-order valence-electron chi connectivity index (χ4n) is 2.44. The second kappa shape index (κ2) is 5.90. The molecule has 3 nitrogen and oxygen atoms in total. The Labute approximate surface area is 132 Å². The second-order valence-electron chi connectivity index (χ2n) is 5.02. The van der Waals surface area contributed by atoms with Gasteiger partial charge in [-0.2, -0.15) is 0 Å². The molecule has 4 heteroatoms. The van der Waals surface area contributed by atoms with E-state index in [4.69, 9.17) is 9.57 Å². The molecule has 108 valence electrons. The van der Waals surface area contributed by atoms with Crippen molar-refractivity contribution in [3.05, 3.63) is 60.2 Å². The van der Waals surface area contributed by atoms with Crippen molar-refractivity contribution in [2.75, 3.05) is 0 Å². The molecule has 1 atom stereocenters. The van der Waals surface area contributed by atoms with Crippen molar-refractivity contribution >= 4 is 20.6 Å². The van der Waals surface area contributed by atoms with Gasteiger partial charge in [-0.3, -0.25) is 0 Å². The zero-order valence-corrected chi connectivity index (χ0v) is 13.3. The Morgan fingerprint density at radius 3 is 2.33 bits per heavy atom. The molecule has 1 aliphatic heterocycles. The molecule has 21 heavy (non-hydrogen) atoms. The Bertz CT molecular complexity index is 640. The van der Waals surface area contributed by atoms with Crippen molar-refractivity contribution in [1.82, 2.24) is 0 Å². The number of ether oxygens (including phenoxy) is 1. The lowest BCUT2D eigenvalue weighted by Gasteiger charge is -2.25. The molecule has 1 heterocycles. The number of halogens is 1. The SMILES string of the molecule is CC[C@]1(c2ccc(Oc3ccccc3)cc2)CC(Br)=NO1. The molecule has 0 saturated heterocycles. The predicted octanol–water partition coefficient (Wildman–Crippen LogP) is 5.21. The number of para-hydroxylation sites is 1. The lowest BCUT2D eigenvalue weighted by molar-refractivity contribution is -0.0263. The molecule has 2 aromatic rings. The molecule has 0 aromatic heterocycles. The molecular formula is C17H16BrNO2. The van der Waals surface area contributed by atoms with Crippen molar-refractivity contribution in [3.63, 3.8) is 0 Å². The number of hydrogen-bond donors (Lipinski definition) is 0. The van der Waals surface area contributed by atoms with E-state index in [1.165, 1.54) is 0 Å². The quantitative estimate of drug-likeness (QED) is 0.761. The molecule has 1 aliphatic rings. The molecule has 2 aromatic carbocycles. The normalized spacial score (nSPS) is 20.8. The fraction of sp³-hybridized carbons (Fsp3) is 0.235. The topological polar surface area (TPSA) is 30.8 Å². The summed E-state index contributed by atoms with van der Waals surface area (Å²) in [4.78, 5) is 5.65. The minimum absolute atomic E-state index is 0.357. The third-order valence-electron chi connectivity index (χ3n) is 3.68. The van der Waals surface area contributed by atoms with Gasteiger partial charge in [-0.05, 0) is 52.2 Å². The largest absolute Gasteiger partial charge is 0.457 e. The first-order chi connectivity index (χ1) is 10.2. The lowest BCUT2D eigenvalue weighted by atomic mass is 9.89. The van der Waals surface area contributed by atoms with E-state index in [0.29, 0.717) is 0 Å². The van der Waals surface area contributed by atoms with Crippen LogP contribution in [0.2, 0.25) is 0 Å². The van der Waals surface area contributed by atoms with Crippen molar-refractivity contribution < 1.29 is 9.57 Å². The molecule has 0 N–H and O–H groups in total. The van der Waals surface area contributed by atoms with Gasteiger partial charge >= 0.3 is 0 Å². The summed E-state index contributed by atoms with van der Waals surface area (Å²) in [6.07, 6.45) is 1.63. The monoisotopic (exact) mass is 345 g/mol. The van der Waals surface area contributed by atoms with Gasteiger partial charge in [0.05, 0.1) is 0 Å². The highest BCUT2D eigenvalue weighted by molar-refractivity contribution is 9.18. The summed E-state index contributed by atoms with van der Waals surface area (Å²) in [5, 5.41) is 4.03. The first kappa shape index (κ1) is 14.1. The Morgan fingerprint density at radius 2 is 1.76 bits per heavy atom. The summed E-state index contributed by atoms with van der Waals surface area (Å²) >= 11 is 3.41. The van der Waals surface area contributed by atoms with Crippen molar-refractivity contribution in [2.45, 2.75) is 25.4 Å². The summed E-state index contributed by atoms with van der Waals surface area (Å²) < 4.78 is 6.66. The first-order valence-electron chi connectivity index (χ1n) is 6.96. The van der Waals surface area contributed by atoms with Gasteiger partial charge in [-0.1, -0.05) is 42.4 Å². The molecule has 0 saturated carbocycles. The van der Waals surface area contributed by atoms with Gasteiger partial charge < -0.3 is 9.57 Å². The Kier molecular flexibility index (Phi) is 3.97. The zero-order chi connectivity index (χ0) is 14.7. The molecule has 0 radical (unpaired) electrons. The van der Waals surface area contributed by atoms with Crippen LogP contribution >= 0.6 is 15.9 Å². The summed E-state index contributed by atoms with van der Waals surface area (Å²) in [7, 11) is 0. The van der Waals surface area contributed by atoms with Gasteiger partial charge in [-0.25, -0.2) is 0 Å². The van der Waals surface area contributed by atoms with E-state index >= 15 is 0 Å². The van der Waals surface area contributed by atoms with Crippen LogP contribution in [0.4, 0.5) is 0 Å². The zero-order valence-electron chi connectivity index (χ0n) is 11.8. The maximum absolute atomic E-state index is 5.80. The van der Waals surface area contributed by atoms with E-state index in [0.717, 1.165) is 34.5 Å².